The highest BCUT2D eigenvalue weighted by molar-refractivity contribution is 5.90. The van der Waals surface area contributed by atoms with Gasteiger partial charge in [0.1, 0.15) is 11.6 Å². The molecular formula is C18H22FN3O. The monoisotopic (exact) mass is 315 g/mol. The van der Waals surface area contributed by atoms with Crippen LogP contribution in [0.2, 0.25) is 0 Å². The number of hydrogen-bond donors (Lipinski definition) is 2. The summed E-state index contributed by atoms with van der Waals surface area (Å²) in [5, 5.41) is 6.03. The molecule has 2 N–H and O–H groups in total. The van der Waals surface area contributed by atoms with Crippen LogP contribution in [0.4, 0.5) is 15.9 Å². The number of halogens is 1. The lowest BCUT2D eigenvalue weighted by molar-refractivity contribution is -0.116. The minimum absolute atomic E-state index is 0.0191. The molecule has 0 radical (unpaired) electrons. The lowest BCUT2D eigenvalue weighted by Crippen LogP contribution is -2.11. The molecule has 0 aliphatic rings. The summed E-state index contributed by atoms with van der Waals surface area (Å²) < 4.78 is 12.8. The standard InChI is InChI=1S/C18H22FN3O/c1-2-3-4-18(23)22-16-9-10-17(21-13-16)20-12-11-14-5-7-15(19)8-6-14/h5-10,13H,2-4,11-12H2,1H3,(H,20,21)(H,22,23). The number of rotatable bonds is 8. The third-order valence-electron chi connectivity index (χ3n) is 3.44. The Bertz CT molecular complexity index is 611. The van der Waals surface area contributed by atoms with E-state index in [4.69, 9.17) is 0 Å². The highest BCUT2D eigenvalue weighted by Crippen LogP contribution is 2.11. The van der Waals surface area contributed by atoms with Crippen molar-refractivity contribution in [2.45, 2.75) is 32.6 Å². The predicted octanol–water partition coefficient (Wildman–Crippen LogP) is 4.00. The van der Waals surface area contributed by atoms with Crippen molar-refractivity contribution in [2.75, 3.05) is 17.2 Å². The summed E-state index contributed by atoms with van der Waals surface area (Å²) in [6.07, 6.45) is 4.86. The average molecular weight is 315 g/mol. The maximum Gasteiger partial charge on any atom is 0.224 e. The van der Waals surface area contributed by atoms with Crippen molar-refractivity contribution in [1.82, 2.24) is 4.98 Å². The van der Waals surface area contributed by atoms with E-state index >= 15 is 0 Å². The lowest BCUT2D eigenvalue weighted by Gasteiger charge is -2.08. The van der Waals surface area contributed by atoms with Gasteiger partial charge in [-0.3, -0.25) is 4.79 Å². The fourth-order valence-corrected chi connectivity index (χ4v) is 2.12. The van der Waals surface area contributed by atoms with Gasteiger partial charge < -0.3 is 10.6 Å². The summed E-state index contributed by atoms with van der Waals surface area (Å²) in [6.45, 7) is 2.77. The third-order valence-corrected chi connectivity index (χ3v) is 3.44. The fourth-order valence-electron chi connectivity index (χ4n) is 2.12. The SMILES string of the molecule is CCCCC(=O)Nc1ccc(NCCc2ccc(F)cc2)nc1. The van der Waals surface area contributed by atoms with Crippen LogP contribution in [-0.4, -0.2) is 17.4 Å². The van der Waals surface area contributed by atoms with Gasteiger partial charge >= 0.3 is 0 Å². The second-order valence-corrected chi connectivity index (χ2v) is 5.39. The average Bonchev–Trinajstić information content (AvgIpc) is 2.56. The number of nitrogens with one attached hydrogen (secondary N) is 2. The molecule has 1 aromatic carbocycles. The van der Waals surface area contributed by atoms with E-state index in [1.54, 1.807) is 18.3 Å². The van der Waals surface area contributed by atoms with Gasteiger partial charge in [0.05, 0.1) is 11.9 Å². The van der Waals surface area contributed by atoms with Crippen molar-refractivity contribution >= 4 is 17.4 Å². The summed E-state index contributed by atoms with van der Waals surface area (Å²) in [6, 6.07) is 10.1. The summed E-state index contributed by atoms with van der Waals surface area (Å²) in [5.74, 6) is 0.546. The Hall–Kier alpha value is -2.43. The molecule has 5 heteroatoms. The Balaban J connectivity index is 1.76. The molecule has 1 heterocycles. The highest BCUT2D eigenvalue weighted by atomic mass is 19.1. The van der Waals surface area contributed by atoms with Crippen LogP contribution in [0.15, 0.2) is 42.6 Å². The molecule has 0 unspecified atom stereocenters. The number of carbonyl (C=O) groups is 1. The zero-order valence-electron chi connectivity index (χ0n) is 13.3. The Labute approximate surface area is 136 Å². The van der Waals surface area contributed by atoms with E-state index < -0.39 is 0 Å². The molecule has 122 valence electrons. The van der Waals surface area contributed by atoms with Crippen molar-refractivity contribution in [3.63, 3.8) is 0 Å². The molecule has 0 saturated carbocycles. The molecule has 0 spiro atoms. The van der Waals surface area contributed by atoms with E-state index in [0.29, 0.717) is 18.7 Å². The van der Waals surface area contributed by atoms with Gasteiger partial charge in [0.2, 0.25) is 5.91 Å². The van der Waals surface area contributed by atoms with E-state index in [1.807, 2.05) is 12.1 Å². The summed E-state index contributed by atoms with van der Waals surface area (Å²) in [7, 11) is 0. The van der Waals surface area contributed by atoms with Crippen molar-refractivity contribution in [3.05, 3.63) is 54.0 Å². The molecule has 0 aliphatic carbocycles. The van der Waals surface area contributed by atoms with Crippen molar-refractivity contribution in [3.8, 4) is 0 Å². The molecule has 0 atom stereocenters. The number of anilines is 2. The molecule has 0 bridgehead atoms. The number of nitrogens with zero attached hydrogens (tertiary/aromatic N) is 1. The summed E-state index contributed by atoms with van der Waals surface area (Å²) >= 11 is 0. The van der Waals surface area contributed by atoms with E-state index in [0.717, 1.165) is 30.6 Å². The van der Waals surface area contributed by atoms with Crippen molar-refractivity contribution in [2.24, 2.45) is 0 Å². The van der Waals surface area contributed by atoms with Crippen LogP contribution in [0.5, 0.6) is 0 Å². The number of pyridine rings is 1. The normalized spacial score (nSPS) is 10.3. The minimum Gasteiger partial charge on any atom is -0.370 e. The maximum absolute atomic E-state index is 12.8. The molecule has 1 aromatic heterocycles. The maximum atomic E-state index is 12.8. The first-order valence-corrected chi connectivity index (χ1v) is 7.91. The van der Waals surface area contributed by atoms with Gasteiger partial charge in [-0.05, 0) is 42.7 Å². The summed E-state index contributed by atoms with van der Waals surface area (Å²) in [4.78, 5) is 15.9. The number of hydrogen-bond acceptors (Lipinski definition) is 3. The van der Waals surface area contributed by atoms with Crippen LogP contribution >= 0.6 is 0 Å². The van der Waals surface area contributed by atoms with Crippen LogP contribution < -0.4 is 10.6 Å². The number of carbonyl (C=O) groups excluding carboxylic acids is 1. The van der Waals surface area contributed by atoms with Crippen molar-refractivity contribution < 1.29 is 9.18 Å². The smallest absolute Gasteiger partial charge is 0.224 e. The van der Waals surface area contributed by atoms with E-state index in [2.05, 4.69) is 22.5 Å². The first kappa shape index (κ1) is 16.9. The molecule has 1 amide bonds. The molecule has 0 fully saturated rings. The fraction of sp³-hybridized carbons (Fsp3) is 0.333. The zero-order valence-corrected chi connectivity index (χ0v) is 13.3. The first-order valence-electron chi connectivity index (χ1n) is 7.91. The predicted molar refractivity (Wildman–Crippen MR) is 91.0 cm³/mol. The van der Waals surface area contributed by atoms with Crippen molar-refractivity contribution in [1.29, 1.82) is 0 Å². The quantitative estimate of drug-likeness (QED) is 0.774. The van der Waals surface area contributed by atoms with E-state index in [9.17, 15) is 9.18 Å². The lowest BCUT2D eigenvalue weighted by atomic mass is 10.1. The number of amides is 1. The van der Waals surface area contributed by atoms with E-state index in [1.165, 1.54) is 12.1 Å². The Morgan fingerprint density at radius 3 is 2.61 bits per heavy atom. The Kier molecular flexibility index (Phi) is 6.54. The molecule has 4 nitrogen and oxygen atoms in total. The molecule has 23 heavy (non-hydrogen) atoms. The van der Waals surface area contributed by atoms with E-state index in [-0.39, 0.29) is 11.7 Å². The molecule has 2 aromatic rings. The second-order valence-electron chi connectivity index (χ2n) is 5.39. The second kappa shape index (κ2) is 8.88. The molecular weight excluding hydrogens is 293 g/mol. The van der Waals surface area contributed by atoms with Gasteiger partial charge in [-0.25, -0.2) is 9.37 Å². The third kappa shape index (κ3) is 6.06. The number of aromatic nitrogens is 1. The van der Waals surface area contributed by atoms with Crippen LogP contribution in [-0.2, 0) is 11.2 Å². The minimum atomic E-state index is -0.222. The number of unbranched alkanes of at least 4 members (excludes halogenated alkanes) is 1. The van der Waals surface area contributed by atoms with Gasteiger partial charge in [0, 0.05) is 13.0 Å². The first-order chi connectivity index (χ1) is 11.2. The van der Waals surface area contributed by atoms with Gasteiger partial charge in [0.25, 0.3) is 0 Å². The van der Waals surface area contributed by atoms with Crippen LogP contribution in [0.1, 0.15) is 31.7 Å². The van der Waals surface area contributed by atoms with Crippen LogP contribution in [0.25, 0.3) is 0 Å². The molecule has 0 saturated heterocycles. The van der Waals surface area contributed by atoms with Gasteiger partial charge in [-0.1, -0.05) is 25.5 Å². The zero-order chi connectivity index (χ0) is 16.5. The highest BCUT2D eigenvalue weighted by Gasteiger charge is 2.02. The topological polar surface area (TPSA) is 54.0 Å². The van der Waals surface area contributed by atoms with Gasteiger partial charge in [-0.15, -0.1) is 0 Å². The van der Waals surface area contributed by atoms with Gasteiger partial charge in [0.15, 0.2) is 0 Å². The molecule has 0 aliphatic heterocycles. The van der Waals surface area contributed by atoms with Crippen LogP contribution in [0.3, 0.4) is 0 Å². The Morgan fingerprint density at radius 1 is 1.17 bits per heavy atom. The largest absolute Gasteiger partial charge is 0.370 e. The molecule has 2 rings (SSSR count). The van der Waals surface area contributed by atoms with Gasteiger partial charge in [-0.2, -0.15) is 0 Å². The Morgan fingerprint density at radius 2 is 1.96 bits per heavy atom. The van der Waals surface area contributed by atoms with Crippen LogP contribution in [0, 0.1) is 5.82 Å². The number of benzene rings is 1. The summed E-state index contributed by atoms with van der Waals surface area (Å²) in [5.41, 5.74) is 1.77.